The van der Waals surface area contributed by atoms with Crippen molar-refractivity contribution < 1.29 is 14.3 Å². The van der Waals surface area contributed by atoms with Crippen LogP contribution < -0.4 is 10.1 Å². The fourth-order valence-electron chi connectivity index (χ4n) is 3.05. The van der Waals surface area contributed by atoms with E-state index in [1.54, 1.807) is 19.2 Å². The number of piperidine rings is 1. The maximum absolute atomic E-state index is 12.8. The molecule has 5 nitrogen and oxygen atoms in total. The molecule has 0 aromatic heterocycles. The van der Waals surface area contributed by atoms with E-state index in [9.17, 15) is 9.59 Å². The Bertz CT molecular complexity index is 786. The molecule has 6 heteroatoms. The molecule has 2 amide bonds. The third kappa shape index (κ3) is 5.26. The van der Waals surface area contributed by atoms with Gasteiger partial charge in [0.15, 0.2) is 0 Å². The maximum Gasteiger partial charge on any atom is 0.255 e. The summed E-state index contributed by atoms with van der Waals surface area (Å²) < 4.78 is 5.13. The van der Waals surface area contributed by atoms with Crippen LogP contribution in [-0.4, -0.2) is 42.7 Å². The lowest BCUT2D eigenvalue weighted by Crippen LogP contribution is -2.36. The van der Waals surface area contributed by atoms with Gasteiger partial charge in [-0.05, 0) is 55.7 Å². The molecule has 2 aromatic carbocycles. The van der Waals surface area contributed by atoms with Gasteiger partial charge in [-0.1, -0.05) is 12.1 Å². The lowest BCUT2D eigenvalue weighted by molar-refractivity contribution is -0.113. The van der Waals surface area contributed by atoms with Crippen molar-refractivity contribution in [1.82, 2.24) is 4.90 Å². The minimum atomic E-state index is -0.130. The number of benzene rings is 2. The van der Waals surface area contributed by atoms with Gasteiger partial charge in [-0.3, -0.25) is 9.59 Å². The predicted octanol–water partition coefficient (Wildman–Crippen LogP) is 4.05. The van der Waals surface area contributed by atoms with Crippen LogP contribution in [0.5, 0.6) is 5.75 Å². The number of rotatable bonds is 6. The van der Waals surface area contributed by atoms with Crippen molar-refractivity contribution in [1.29, 1.82) is 0 Å². The number of amides is 2. The van der Waals surface area contributed by atoms with E-state index in [1.807, 2.05) is 41.3 Å². The third-order valence-electron chi connectivity index (χ3n) is 4.50. The van der Waals surface area contributed by atoms with E-state index < -0.39 is 0 Å². The van der Waals surface area contributed by atoms with E-state index >= 15 is 0 Å². The predicted molar refractivity (Wildman–Crippen MR) is 109 cm³/mol. The van der Waals surface area contributed by atoms with Crippen molar-refractivity contribution in [2.75, 3.05) is 31.3 Å². The van der Waals surface area contributed by atoms with Crippen LogP contribution in [0.15, 0.2) is 53.4 Å². The first-order valence-corrected chi connectivity index (χ1v) is 10.1. The van der Waals surface area contributed by atoms with Crippen molar-refractivity contribution in [3.63, 3.8) is 0 Å². The number of carbonyl (C=O) groups excluding carboxylic acids is 2. The number of ether oxygens (including phenoxy) is 1. The number of methoxy groups -OCH3 is 1. The van der Waals surface area contributed by atoms with Gasteiger partial charge in [0.1, 0.15) is 5.75 Å². The van der Waals surface area contributed by atoms with Gasteiger partial charge in [-0.15, -0.1) is 11.8 Å². The summed E-state index contributed by atoms with van der Waals surface area (Å²) in [5.41, 5.74) is 1.13. The van der Waals surface area contributed by atoms with Crippen molar-refractivity contribution in [2.24, 2.45) is 0 Å². The maximum atomic E-state index is 12.8. The molecule has 0 atom stereocenters. The van der Waals surface area contributed by atoms with Crippen molar-refractivity contribution in [3.05, 3.63) is 54.1 Å². The molecule has 1 aliphatic rings. The molecule has 2 aromatic rings. The molecule has 0 saturated carbocycles. The Kier molecular flexibility index (Phi) is 6.76. The highest BCUT2D eigenvalue weighted by Gasteiger charge is 2.21. The van der Waals surface area contributed by atoms with Crippen LogP contribution >= 0.6 is 11.8 Å². The smallest absolute Gasteiger partial charge is 0.255 e. The molecule has 1 fully saturated rings. The fourth-order valence-corrected chi connectivity index (χ4v) is 3.75. The molecular weight excluding hydrogens is 360 g/mol. The number of nitrogens with zero attached hydrogens (tertiary/aromatic N) is 1. The number of anilines is 1. The van der Waals surface area contributed by atoms with Gasteiger partial charge < -0.3 is 15.0 Å². The van der Waals surface area contributed by atoms with Gasteiger partial charge in [-0.25, -0.2) is 0 Å². The minimum Gasteiger partial charge on any atom is -0.497 e. The zero-order chi connectivity index (χ0) is 19.1. The highest BCUT2D eigenvalue weighted by molar-refractivity contribution is 8.00. The molecule has 142 valence electrons. The lowest BCUT2D eigenvalue weighted by Gasteiger charge is -2.27. The molecule has 1 saturated heterocycles. The number of carbonyl (C=O) groups is 2. The SMILES string of the molecule is COc1ccc(SCC(=O)Nc2ccccc2C(=O)N2CCCCC2)cc1. The van der Waals surface area contributed by atoms with Crippen LogP contribution in [0.3, 0.4) is 0 Å². The summed E-state index contributed by atoms with van der Waals surface area (Å²) in [6.45, 7) is 1.57. The standard InChI is InChI=1S/C21H24N2O3S/c1-26-16-9-11-17(12-10-16)27-15-20(24)22-19-8-4-3-7-18(19)21(25)23-13-5-2-6-14-23/h3-4,7-12H,2,5-6,13-15H2,1H3,(H,22,24). The first kappa shape index (κ1) is 19.3. The van der Waals surface area contributed by atoms with Gasteiger partial charge in [0.2, 0.25) is 5.91 Å². The minimum absolute atomic E-state index is 0.00610. The molecule has 1 heterocycles. The van der Waals surface area contributed by atoms with E-state index in [2.05, 4.69) is 5.32 Å². The van der Waals surface area contributed by atoms with Crippen LogP contribution in [0.2, 0.25) is 0 Å². The quantitative estimate of drug-likeness (QED) is 0.764. The average Bonchev–Trinajstić information content (AvgIpc) is 2.73. The second-order valence-corrected chi connectivity index (χ2v) is 7.46. The van der Waals surface area contributed by atoms with E-state index in [1.165, 1.54) is 18.2 Å². The van der Waals surface area contributed by atoms with Gasteiger partial charge in [0, 0.05) is 18.0 Å². The molecule has 1 aliphatic heterocycles. The summed E-state index contributed by atoms with van der Waals surface area (Å²) in [4.78, 5) is 28.0. The number of thioether (sulfide) groups is 1. The number of likely N-dealkylation sites (tertiary alicyclic amines) is 1. The third-order valence-corrected chi connectivity index (χ3v) is 5.52. The summed E-state index contributed by atoms with van der Waals surface area (Å²) >= 11 is 1.45. The Labute approximate surface area is 164 Å². The monoisotopic (exact) mass is 384 g/mol. The molecule has 0 radical (unpaired) electrons. The number of nitrogens with one attached hydrogen (secondary N) is 1. The van der Waals surface area contributed by atoms with E-state index in [4.69, 9.17) is 4.74 Å². The van der Waals surface area contributed by atoms with E-state index in [-0.39, 0.29) is 17.6 Å². The van der Waals surface area contributed by atoms with Gasteiger partial charge >= 0.3 is 0 Å². The summed E-state index contributed by atoms with van der Waals surface area (Å²) in [7, 11) is 1.62. The summed E-state index contributed by atoms with van der Waals surface area (Å²) in [6, 6.07) is 14.8. The Hall–Kier alpha value is -2.47. The van der Waals surface area contributed by atoms with Crippen LogP contribution in [-0.2, 0) is 4.79 Å². The van der Waals surface area contributed by atoms with Crippen LogP contribution in [0.1, 0.15) is 29.6 Å². The van der Waals surface area contributed by atoms with E-state index in [0.29, 0.717) is 11.3 Å². The molecule has 0 aliphatic carbocycles. The highest BCUT2D eigenvalue weighted by Crippen LogP contribution is 2.23. The Balaban J connectivity index is 1.61. The molecule has 1 N–H and O–H groups in total. The molecule has 3 rings (SSSR count). The first-order chi connectivity index (χ1) is 13.2. The van der Waals surface area contributed by atoms with Crippen molar-refractivity contribution in [2.45, 2.75) is 24.2 Å². The largest absolute Gasteiger partial charge is 0.497 e. The summed E-state index contributed by atoms with van der Waals surface area (Å²) in [5.74, 6) is 0.926. The first-order valence-electron chi connectivity index (χ1n) is 9.12. The number of hydrogen-bond donors (Lipinski definition) is 1. The molecule has 0 bridgehead atoms. The van der Waals surface area contributed by atoms with Gasteiger partial charge in [-0.2, -0.15) is 0 Å². The summed E-state index contributed by atoms with van der Waals surface area (Å²) in [6.07, 6.45) is 3.25. The van der Waals surface area contributed by atoms with Gasteiger partial charge in [0.05, 0.1) is 24.1 Å². The highest BCUT2D eigenvalue weighted by atomic mass is 32.2. The second kappa shape index (κ2) is 9.46. The van der Waals surface area contributed by atoms with Crippen LogP contribution in [0, 0.1) is 0 Å². The number of hydrogen-bond acceptors (Lipinski definition) is 4. The molecule has 0 spiro atoms. The number of para-hydroxylation sites is 1. The van der Waals surface area contributed by atoms with Crippen LogP contribution in [0.4, 0.5) is 5.69 Å². The topological polar surface area (TPSA) is 58.6 Å². The normalized spacial score (nSPS) is 13.9. The Morgan fingerprint density at radius 1 is 1.04 bits per heavy atom. The zero-order valence-electron chi connectivity index (χ0n) is 15.4. The van der Waals surface area contributed by atoms with Gasteiger partial charge in [0.25, 0.3) is 5.91 Å². The van der Waals surface area contributed by atoms with E-state index in [0.717, 1.165) is 36.6 Å². The van der Waals surface area contributed by atoms with Crippen molar-refractivity contribution >= 4 is 29.3 Å². The second-order valence-electron chi connectivity index (χ2n) is 6.41. The van der Waals surface area contributed by atoms with Crippen molar-refractivity contribution in [3.8, 4) is 5.75 Å². The molecule has 0 unspecified atom stereocenters. The lowest BCUT2D eigenvalue weighted by atomic mass is 10.1. The molecular formula is C21H24N2O3S. The average molecular weight is 385 g/mol. The van der Waals surface area contributed by atoms with Crippen LogP contribution in [0.25, 0.3) is 0 Å². The zero-order valence-corrected chi connectivity index (χ0v) is 16.3. The summed E-state index contributed by atoms with van der Waals surface area (Å²) in [5, 5.41) is 2.89. The Morgan fingerprint density at radius 3 is 2.44 bits per heavy atom. The Morgan fingerprint density at radius 2 is 1.74 bits per heavy atom. The molecule has 27 heavy (non-hydrogen) atoms. The fraction of sp³-hybridized carbons (Fsp3) is 0.333.